The lowest BCUT2D eigenvalue weighted by atomic mass is 10.0. The number of carbonyl (C=O) groups is 2. The van der Waals surface area contributed by atoms with Crippen molar-refractivity contribution >= 4 is 17.5 Å². The molecule has 20 heavy (non-hydrogen) atoms. The summed E-state index contributed by atoms with van der Waals surface area (Å²) in [5, 5.41) is 2.71. The third-order valence-corrected chi connectivity index (χ3v) is 3.47. The molecule has 1 fully saturated rings. The van der Waals surface area contributed by atoms with Crippen LogP contribution in [-0.2, 0) is 20.9 Å². The number of amides is 2. The average Bonchev–Trinajstić information content (AvgIpc) is 2.43. The van der Waals surface area contributed by atoms with Crippen molar-refractivity contribution in [1.82, 2.24) is 5.32 Å². The minimum absolute atomic E-state index is 0.0778. The van der Waals surface area contributed by atoms with Crippen LogP contribution in [0.4, 0.5) is 5.69 Å². The minimum Gasteiger partial charge on any atom is -0.380 e. The summed E-state index contributed by atoms with van der Waals surface area (Å²) in [7, 11) is 1.63. The van der Waals surface area contributed by atoms with Gasteiger partial charge in [0.2, 0.25) is 11.8 Å². The Morgan fingerprint density at radius 3 is 2.75 bits per heavy atom. The average molecular weight is 276 g/mol. The van der Waals surface area contributed by atoms with Crippen molar-refractivity contribution in [2.75, 3.05) is 12.0 Å². The Bertz CT molecular complexity index is 516. The third-order valence-electron chi connectivity index (χ3n) is 3.47. The fourth-order valence-corrected chi connectivity index (χ4v) is 2.49. The molecule has 1 N–H and O–H groups in total. The largest absolute Gasteiger partial charge is 0.380 e. The van der Waals surface area contributed by atoms with Crippen molar-refractivity contribution in [1.29, 1.82) is 0 Å². The van der Waals surface area contributed by atoms with Gasteiger partial charge in [-0.3, -0.25) is 14.5 Å². The number of nitrogens with one attached hydrogen (secondary N) is 1. The summed E-state index contributed by atoms with van der Waals surface area (Å²) < 4.78 is 5.11. The number of hydrogen-bond donors (Lipinski definition) is 1. The van der Waals surface area contributed by atoms with Gasteiger partial charge in [-0.05, 0) is 31.0 Å². The van der Waals surface area contributed by atoms with Crippen LogP contribution < -0.4 is 10.2 Å². The van der Waals surface area contributed by atoms with Crippen molar-refractivity contribution in [3.63, 3.8) is 0 Å². The molecule has 2 unspecified atom stereocenters. The summed E-state index contributed by atoms with van der Waals surface area (Å²) in [6, 6.07) is 6.63. The van der Waals surface area contributed by atoms with Crippen molar-refractivity contribution in [3.8, 4) is 0 Å². The summed E-state index contributed by atoms with van der Waals surface area (Å²) in [6.45, 7) is 4.09. The van der Waals surface area contributed by atoms with Gasteiger partial charge in [0.05, 0.1) is 6.61 Å². The molecule has 0 saturated carbocycles. The fourth-order valence-electron chi connectivity index (χ4n) is 2.49. The third kappa shape index (κ3) is 2.67. The summed E-state index contributed by atoms with van der Waals surface area (Å²) >= 11 is 0. The quantitative estimate of drug-likeness (QED) is 0.906. The number of nitrogens with zero attached hydrogens (tertiary/aromatic N) is 1. The number of carbonyl (C=O) groups excluding carboxylic acids is 2. The van der Waals surface area contributed by atoms with Crippen LogP contribution in [0.2, 0.25) is 0 Å². The van der Waals surface area contributed by atoms with Gasteiger partial charge < -0.3 is 10.1 Å². The van der Waals surface area contributed by atoms with Gasteiger partial charge in [0.1, 0.15) is 12.1 Å². The number of rotatable bonds is 4. The molecule has 2 atom stereocenters. The smallest absolute Gasteiger partial charge is 0.250 e. The van der Waals surface area contributed by atoms with Crippen LogP contribution in [0.3, 0.4) is 0 Å². The molecular weight excluding hydrogens is 256 g/mol. The molecule has 2 rings (SSSR count). The van der Waals surface area contributed by atoms with Crippen LogP contribution in [0.15, 0.2) is 24.3 Å². The minimum atomic E-state index is -0.489. The van der Waals surface area contributed by atoms with E-state index in [4.69, 9.17) is 4.74 Å². The van der Waals surface area contributed by atoms with Crippen molar-refractivity contribution in [2.45, 2.75) is 39.0 Å². The Kier molecular flexibility index (Phi) is 4.39. The number of anilines is 1. The summed E-state index contributed by atoms with van der Waals surface area (Å²) in [6.07, 6.45) is 0.582. The van der Waals surface area contributed by atoms with E-state index in [9.17, 15) is 9.59 Å². The van der Waals surface area contributed by atoms with Crippen LogP contribution in [0.5, 0.6) is 0 Å². The van der Waals surface area contributed by atoms with Crippen LogP contribution >= 0.6 is 0 Å². The van der Waals surface area contributed by atoms with E-state index >= 15 is 0 Å². The Morgan fingerprint density at radius 2 is 2.10 bits per heavy atom. The molecule has 0 aliphatic carbocycles. The van der Waals surface area contributed by atoms with Crippen LogP contribution in [0.25, 0.3) is 0 Å². The molecule has 1 aliphatic heterocycles. The van der Waals surface area contributed by atoms with Gasteiger partial charge in [-0.1, -0.05) is 19.1 Å². The van der Waals surface area contributed by atoms with Gasteiger partial charge in [0, 0.05) is 12.8 Å². The lowest BCUT2D eigenvalue weighted by molar-refractivity contribution is -0.133. The van der Waals surface area contributed by atoms with Gasteiger partial charge in [-0.15, -0.1) is 0 Å². The number of piperazine rings is 1. The monoisotopic (exact) mass is 276 g/mol. The number of methoxy groups -OCH3 is 1. The van der Waals surface area contributed by atoms with E-state index in [0.717, 1.165) is 11.3 Å². The normalized spacial score (nSPS) is 22.9. The molecule has 1 saturated heterocycles. The fraction of sp³-hybridized carbons (Fsp3) is 0.467. The highest BCUT2D eigenvalue weighted by atomic mass is 16.5. The van der Waals surface area contributed by atoms with Gasteiger partial charge in [0.15, 0.2) is 0 Å². The summed E-state index contributed by atoms with van der Waals surface area (Å²) in [5.74, 6) is -0.178. The molecule has 2 amide bonds. The van der Waals surface area contributed by atoms with Gasteiger partial charge in [-0.25, -0.2) is 0 Å². The van der Waals surface area contributed by atoms with Gasteiger partial charge in [-0.2, -0.15) is 0 Å². The predicted molar refractivity (Wildman–Crippen MR) is 76.3 cm³/mol. The van der Waals surface area contributed by atoms with Gasteiger partial charge in [0.25, 0.3) is 0 Å². The van der Waals surface area contributed by atoms with E-state index in [1.807, 2.05) is 31.2 Å². The van der Waals surface area contributed by atoms with Crippen molar-refractivity contribution in [2.24, 2.45) is 0 Å². The maximum absolute atomic E-state index is 12.4. The first-order chi connectivity index (χ1) is 9.58. The van der Waals surface area contributed by atoms with E-state index in [0.29, 0.717) is 13.0 Å². The molecule has 1 heterocycles. The zero-order valence-corrected chi connectivity index (χ0v) is 12.1. The molecule has 5 nitrogen and oxygen atoms in total. The molecule has 1 aliphatic rings. The Labute approximate surface area is 118 Å². The second-order valence-corrected chi connectivity index (χ2v) is 4.97. The second-order valence-electron chi connectivity index (χ2n) is 4.97. The van der Waals surface area contributed by atoms with E-state index in [-0.39, 0.29) is 11.8 Å². The van der Waals surface area contributed by atoms with E-state index < -0.39 is 12.1 Å². The van der Waals surface area contributed by atoms with Crippen LogP contribution in [0, 0.1) is 0 Å². The predicted octanol–water partition coefficient (Wildman–Crippen LogP) is 1.46. The van der Waals surface area contributed by atoms with Crippen LogP contribution in [0.1, 0.15) is 25.8 Å². The van der Waals surface area contributed by atoms with Crippen LogP contribution in [-0.4, -0.2) is 31.0 Å². The Balaban J connectivity index is 2.38. The molecule has 0 aromatic heterocycles. The molecule has 0 bridgehead atoms. The maximum Gasteiger partial charge on any atom is 0.250 e. The molecular formula is C15H20N2O3. The highest BCUT2D eigenvalue weighted by molar-refractivity contribution is 6.08. The second kappa shape index (κ2) is 6.05. The first-order valence-corrected chi connectivity index (χ1v) is 6.79. The Hall–Kier alpha value is -1.88. The Morgan fingerprint density at radius 1 is 1.35 bits per heavy atom. The maximum atomic E-state index is 12.4. The lowest BCUT2D eigenvalue weighted by Crippen LogP contribution is -2.62. The topological polar surface area (TPSA) is 58.6 Å². The lowest BCUT2D eigenvalue weighted by Gasteiger charge is -2.37. The van der Waals surface area contributed by atoms with Gasteiger partial charge >= 0.3 is 0 Å². The number of ether oxygens (including phenoxy) is 1. The van der Waals surface area contributed by atoms with Crippen molar-refractivity contribution in [3.05, 3.63) is 29.8 Å². The zero-order chi connectivity index (χ0) is 14.7. The molecule has 1 aromatic carbocycles. The standard InChI is InChI=1S/C15H20N2O3/c1-4-13-14(18)16-10(2)15(19)17(13)12-7-5-6-11(8-12)9-20-3/h5-8,10,13H,4,9H2,1-3H3,(H,16,18). The first-order valence-electron chi connectivity index (χ1n) is 6.79. The van der Waals surface area contributed by atoms with E-state index in [1.54, 1.807) is 18.9 Å². The number of benzene rings is 1. The molecule has 5 heteroatoms. The van der Waals surface area contributed by atoms with Crippen molar-refractivity contribution < 1.29 is 14.3 Å². The summed E-state index contributed by atoms with van der Waals surface area (Å²) in [4.78, 5) is 26.0. The SMILES string of the molecule is CCC1C(=O)NC(C)C(=O)N1c1cccc(COC)c1. The molecule has 108 valence electrons. The summed E-state index contributed by atoms with van der Waals surface area (Å²) in [5.41, 5.74) is 1.73. The highest BCUT2D eigenvalue weighted by Crippen LogP contribution is 2.24. The highest BCUT2D eigenvalue weighted by Gasteiger charge is 2.38. The number of hydrogen-bond acceptors (Lipinski definition) is 3. The first kappa shape index (κ1) is 14.5. The molecule has 0 spiro atoms. The zero-order valence-electron chi connectivity index (χ0n) is 12.1. The molecule has 1 aromatic rings. The van der Waals surface area contributed by atoms with E-state index in [2.05, 4.69) is 5.32 Å². The molecule has 0 radical (unpaired) electrons. The van der Waals surface area contributed by atoms with E-state index in [1.165, 1.54) is 0 Å².